The van der Waals surface area contributed by atoms with E-state index in [9.17, 15) is 0 Å². The van der Waals surface area contributed by atoms with Gasteiger partial charge in [-0.3, -0.25) is 0 Å². The number of fused-ring (bicyclic) bond motifs is 1. The first-order valence-corrected chi connectivity index (χ1v) is 5.63. The van der Waals surface area contributed by atoms with Crippen molar-refractivity contribution in [3.05, 3.63) is 48.5 Å². The summed E-state index contributed by atoms with van der Waals surface area (Å²) >= 11 is 0. The van der Waals surface area contributed by atoms with Gasteiger partial charge in [-0.15, -0.1) is 0 Å². The number of hydrogen-bond acceptors (Lipinski definition) is 3. The van der Waals surface area contributed by atoms with Crippen LogP contribution < -0.4 is 20.7 Å². The molecule has 0 saturated heterocycles. The number of methoxy groups -OCH3 is 1. The summed E-state index contributed by atoms with van der Waals surface area (Å²) in [6, 6.07) is 16.2. The molecule has 2 aromatic carbocycles. The highest BCUT2D eigenvalue weighted by atomic mass is 16.5. The van der Waals surface area contributed by atoms with E-state index in [2.05, 4.69) is 28.7 Å². The highest BCUT2D eigenvalue weighted by Gasteiger charge is 2.28. The fourth-order valence-corrected chi connectivity index (χ4v) is 2.14. The molecule has 2 N–H and O–H groups in total. The maximum Gasteiger partial charge on any atom is 0.409 e. The molecule has 3 rings (SSSR count). The molecule has 0 radical (unpaired) electrons. The first-order valence-electron chi connectivity index (χ1n) is 5.63. The minimum Gasteiger partial charge on any atom is -0.497 e. The molecular formula is C13H13BN2O. The Balaban J connectivity index is 1.94. The van der Waals surface area contributed by atoms with Gasteiger partial charge in [0.15, 0.2) is 0 Å². The van der Waals surface area contributed by atoms with Crippen LogP contribution in [0.4, 0.5) is 11.4 Å². The number of anilines is 2. The third-order valence-corrected chi connectivity index (χ3v) is 2.98. The number of rotatable bonds is 2. The van der Waals surface area contributed by atoms with Crippen LogP contribution in [0.5, 0.6) is 5.75 Å². The van der Waals surface area contributed by atoms with Gasteiger partial charge in [0, 0.05) is 16.8 Å². The van der Waals surface area contributed by atoms with Crippen molar-refractivity contribution < 1.29 is 4.74 Å². The number of nitrogens with one attached hydrogen (secondary N) is 2. The van der Waals surface area contributed by atoms with Crippen molar-refractivity contribution in [2.24, 2.45) is 0 Å². The summed E-state index contributed by atoms with van der Waals surface area (Å²) in [7, 11) is 1.70. The normalized spacial score (nSPS) is 12.6. The largest absolute Gasteiger partial charge is 0.497 e. The minimum absolute atomic E-state index is 0.0727. The second-order valence-electron chi connectivity index (χ2n) is 4.01. The predicted octanol–water partition coefficient (Wildman–Crippen LogP) is 1.93. The van der Waals surface area contributed by atoms with E-state index in [0.29, 0.717) is 0 Å². The van der Waals surface area contributed by atoms with Crippen LogP contribution in [0, 0.1) is 0 Å². The topological polar surface area (TPSA) is 33.3 Å². The molecule has 1 aliphatic rings. The highest BCUT2D eigenvalue weighted by Crippen LogP contribution is 2.27. The summed E-state index contributed by atoms with van der Waals surface area (Å²) < 4.78 is 5.38. The predicted molar refractivity (Wildman–Crippen MR) is 72.1 cm³/mol. The lowest BCUT2D eigenvalue weighted by Gasteiger charge is -2.11. The van der Waals surface area contributed by atoms with Crippen LogP contribution in [0.25, 0.3) is 0 Å². The lowest BCUT2D eigenvalue weighted by molar-refractivity contribution is 0.418. The molecule has 4 heteroatoms. The third kappa shape index (κ3) is 1.71. The van der Waals surface area contributed by atoms with Crippen molar-refractivity contribution in [1.82, 2.24) is 0 Å². The van der Waals surface area contributed by atoms with Gasteiger partial charge >= 0.3 is 6.98 Å². The lowest BCUT2D eigenvalue weighted by Crippen LogP contribution is -2.42. The van der Waals surface area contributed by atoms with Crippen LogP contribution in [0.15, 0.2) is 48.5 Å². The summed E-state index contributed by atoms with van der Waals surface area (Å²) in [6.45, 7) is 0.0727. The van der Waals surface area contributed by atoms with E-state index in [1.165, 1.54) is 0 Å². The second kappa shape index (κ2) is 4.05. The van der Waals surface area contributed by atoms with Gasteiger partial charge in [-0.2, -0.15) is 0 Å². The number of para-hydroxylation sites is 3. The van der Waals surface area contributed by atoms with Gasteiger partial charge in [0.05, 0.1) is 7.11 Å². The van der Waals surface area contributed by atoms with E-state index >= 15 is 0 Å². The van der Waals surface area contributed by atoms with Gasteiger partial charge in [-0.25, -0.2) is 0 Å². The maximum absolute atomic E-state index is 5.38. The zero-order chi connectivity index (χ0) is 11.7. The molecule has 0 aliphatic carbocycles. The van der Waals surface area contributed by atoms with Crippen molar-refractivity contribution in [3.63, 3.8) is 0 Å². The van der Waals surface area contributed by atoms with Gasteiger partial charge in [0.25, 0.3) is 0 Å². The Morgan fingerprint density at radius 2 is 1.47 bits per heavy atom. The molecule has 0 fully saturated rings. The van der Waals surface area contributed by atoms with Gasteiger partial charge in [-0.05, 0) is 18.2 Å². The Morgan fingerprint density at radius 1 is 0.882 bits per heavy atom. The summed E-state index contributed by atoms with van der Waals surface area (Å²) in [5, 5.41) is 6.87. The summed E-state index contributed by atoms with van der Waals surface area (Å²) in [5.41, 5.74) is 3.37. The standard InChI is InChI=1S/C13H13BN2O/c1-17-13-9-5-2-6-10(13)14-15-11-7-3-4-8-12(11)16-14/h2-9,15-16H,1H3. The molecule has 1 aliphatic heterocycles. The first-order chi connectivity index (χ1) is 8.38. The molecule has 1 heterocycles. The van der Waals surface area contributed by atoms with E-state index in [0.717, 1.165) is 22.6 Å². The second-order valence-corrected chi connectivity index (χ2v) is 4.01. The fourth-order valence-electron chi connectivity index (χ4n) is 2.14. The molecule has 17 heavy (non-hydrogen) atoms. The van der Waals surface area contributed by atoms with Crippen LogP contribution in [-0.4, -0.2) is 14.1 Å². The highest BCUT2D eigenvalue weighted by molar-refractivity contribution is 6.81. The molecular weight excluding hydrogens is 211 g/mol. The Labute approximate surface area is 101 Å². The zero-order valence-corrected chi connectivity index (χ0v) is 9.60. The van der Waals surface area contributed by atoms with Crippen molar-refractivity contribution in [1.29, 1.82) is 0 Å². The molecule has 0 aromatic heterocycles. The summed E-state index contributed by atoms with van der Waals surface area (Å²) in [5.74, 6) is 0.894. The molecule has 0 amide bonds. The van der Waals surface area contributed by atoms with Crippen LogP contribution in [0.2, 0.25) is 0 Å². The van der Waals surface area contributed by atoms with Crippen molar-refractivity contribution in [2.75, 3.05) is 17.6 Å². The molecule has 0 atom stereocenters. The van der Waals surface area contributed by atoms with E-state index in [1.807, 2.05) is 30.3 Å². The van der Waals surface area contributed by atoms with Crippen molar-refractivity contribution in [2.45, 2.75) is 0 Å². The van der Waals surface area contributed by atoms with Crippen molar-refractivity contribution in [3.8, 4) is 5.75 Å². The molecule has 0 unspecified atom stereocenters. The van der Waals surface area contributed by atoms with E-state index < -0.39 is 0 Å². The van der Waals surface area contributed by atoms with E-state index in [1.54, 1.807) is 7.11 Å². The smallest absolute Gasteiger partial charge is 0.409 e. The fraction of sp³-hybridized carbons (Fsp3) is 0.0769. The Morgan fingerprint density at radius 3 is 2.12 bits per heavy atom. The monoisotopic (exact) mass is 224 g/mol. The first kappa shape index (κ1) is 10.1. The molecule has 3 nitrogen and oxygen atoms in total. The minimum atomic E-state index is 0.0727. The van der Waals surface area contributed by atoms with Crippen LogP contribution in [-0.2, 0) is 0 Å². The summed E-state index contributed by atoms with van der Waals surface area (Å²) in [6.07, 6.45) is 0. The Kier molecular flexibility index (Phi) is 2.40. The van der Waals surface area contributed by atoms with E-state index in [4.69, 9.17) is 4.74 Å². The third-order valence-electron chi connectivity index (χ3n) is 2.98. The van der Waals surface area contributed by atoms with Crippen LogP contribution in [0.3, 0.4) is 0 Å². The van der Waals surface area contributed by atoms with Gasteiger partial charge < -0.3 is 15.2 Å². The molecule has 0 spiro atoms. The Bertz CT molecular complexity index is 519. The number of ether oxygens (including phenoxy) is 1. The lowest BCUT2D eigenvalue weighted by atomic mass is 9.69. The molecule has 0 saturated carbocycles. The van der Waals surface area contributed by atoms with Crippen molar-refractivity contribution >= 4 is 23.8 Å². The maximum atomic E-state index is 5.38. The average molecular weight is 224 g/mol. The zero-order valence-electron chi connectivity index (χ0n) is 9.60. The molecule has 2 aromatic rings. The van der Waals surface area contributed by atoms with Crippen LogP contribution >= 0.6 is 0 Å². The number of hydrogen-bond donors (Lipinski definition) is 2. The summed E-state index contributed by atoms with van der Waals surface area (Å²) in [4.78, 5) is 0. The molecule has 84 valence electrons. The van der Waals surface area contributed by atoms with Gasteiger partial charge in [0.1, 0.15) is 5.75 Å². The molecule has 0 bridgehead atoms. The Hall–Kier alpha value is -2.10. The van der Waals surface area contributed by atoms with Gasteiger partial charge in [0.2, 0.25) is 0 Å². The van der Waals surface area contributed by atoms with E-state index in [-0.39, 0.29) is 6.98 Å². The van der Waals surface area contributed by atoms with Gasteiger partial charge in [-0.1, -0.05) is 30.3 Å². The quantitative estimate of drug-likeness (QED) is 0.764. The number of benzene rings is 2. The van der Waals surface area contributed by atoms with Crippen LogP contribution in [0.1, 0.15) is 0 Å². The average Bonchev–Trinajstić information content (AvgIpc) is 2.82. The SMILES string of the molecule is COc1ccccc1B1Nc2ccccc2N1.